The van der Waals surface area contributed by atoms with E-state index >= 15 is 0 Å². The molecule has 0 amide bonds. The van der Waals surface area contributed by atoms with Crippen LogP contribution in [-0.4, -0.2) is 16.5 Å². The predicted octanol–water partition coefficient (Wildman–Crippen LogP) is 2.88. The van der Waals surface area contributed by atoms with Crippen LogP contribution in [0, 0.1) is 5.92 Å². The Morgan fingerprint density at radius 2 is 2.18 bits per heavy atom. The minimum atomic E-state index is 0.355. The maximum atomic E-state index is 5.71. The van der Waals surface area contributed by atoms with Gasteiger partial charge >= 0.3 is 0 Å². The van der Waals surface area contributed by atoms with E-state index in [1.165, 1.54) is 25.7 Å². The zero-order valence-electron chi connectivity index (χ0n) is 9.65. The number of nitrogens with two attached hydrogens (primary N) is 1. The van der Waals surface area contributed by atoms with Gasteiger partial charge in [0.15, 0.2) is 0 Å². The largest absolute Gasteiger partial charge is 0.369 e. The lowest BCUT2D eigenvalue weighted by atomic mass is 10.1. The van der Waals surface area contributed by atoms with E-state index in [2.05, 4.69) is 21.4 Å². The topological polar surface area (TPSA) is 63.8 Å². The van der Waals surface area contributed by atoms with Crippen LogP contribution in [0.15, 0.2) is 11.4 Å². The summed E-state index contributed by atoms with van der Waals surface area (Å²) in [6.07, 6.45) is 5.40. The van der Waals surface area contributed by atoms with Gasteiger partial charge in [-0.25, -0.2) is 4.98 Å². The zero-order valence-corrected chi connectivity index (χ0v) is 10.5. The van der Waals surface area contributed by atoms with Gasteiger partial charge in [-0.15, -0.1) is 11.3 Å². The molecular weight excluding hydrogens is 232 g/mol. The minimum Gasteiger partial charge on any atom is -0.369 e. The summed E-state index contributed by atoms with van der Waals surface area (Å²) in [4.78, 5) is 9.48. The van der Waals surface area contributed by atoms with Crippen LogP contribution in [0.5, 0.6) is 0 Å². The molecule has 90 valence electrons. The Morgan fingerprint density at radius 3 is 3.00 bits per heavy atom. The third kappa shape index (κ3) is 2.20. The van der Waals surface area contributed by atoms with Crippen LogP contribution < -0.4 is 11.1 Å². The third-order valence-corrected chi connectivity index (χ3v) is 4.18. The highest BCUT2D eigenvalue weighted by Crippen LogP contribution is 2.28. The molecule has 2 heterocycles. The number of hydrogen-bond donors (Lipinski definition) is 2. The van der Waals surface area contributed by atoms with Gasteiger partial charge < -0.3 is 11.1 Å². The fraction of sp³-hybridized carbons (Fsp3) is 0.500. The van der Waals surface area contributed by atoms with Crippen molar-refractivity contribution in [3.05, 3.63) is 11.4 Å². The quantitative estimate of drug-likeness (QED) is 0.876. The molecule has 2 aromatic heterocycles. The standard InChI is InChI=1S/C12H16N4S/c13-12-15-10(9-5-6-17-11(9)16-12)14-7-8-3-1-2-4-8/h5-6,8H,1-4,7H2,(H3,13,14,15,16). The molecule has 0 aliphatic heterocycles. The van der Waals surface area contributed by atoms with E-state index in [0.717, 1.165) is 28.5 Å². The first kappa shape index (κ1) is 10.8. The molecule has 0 spiro atoms. The smallest absolute Gasteiger partial charge is 0.223 e. The number of anilines is 2. The minimum absolute atomic E-state index is 0.355. The molecule has 1 aliphatic carbocycles. The Labute approximate surface area is 104 Å². The number of hydrogen-bond acceptors (Lipinski definition) is 5. The van der Waals surface area contributed by atoms with E-state index in [0.29, 0.717) is 5.95 Å². The molecule has 17 heavy (non-hydrogen) atoms. The molecule has 1 saturated carbocycles. The SMILES string of the molecule is Nc1nc(NCC2CCCC2)c2ccsc2n1. The van der Waals surface area contributed by atoms with Crippen molar-refractivity contribution >= 4 is 33.3 Å². The maximum absolute atomic E-state index is 5.71. The van der Waals surface area contributed by atoms with Crippen molar-refractivity contribution in [3.63, 3.8) is 0 Å². The highest BCUT2D eigenvalue weighted by molar-refractivity contribution is 7.16. The molecule has 1 aliphatic rings. The molecule has 0 saturated heterocycles. The normalized spacial score (nSPS) is 16.7. The van der Waals surface area contributed by atoms with Gasteiger partial charge in [0, 0.05) is 6.54 Å². The summed E-state index contributed by atoms with van der Waals surface area (Å²) in [5.41, 5.74) is 5.71. The Hall–Kier alpha value is -1.36. The first-order valence-corrected chi connectivity index (χ1v) is 6.95. The highest BCUT2D eigenvalue weighted by atomic mass is 32.1. The molecule has 2 aromatic rings. The van der Waals surface area contributed by atoms with Crippen LogP contribution in [0.1, 0.15) is 25.7 Å². The van der Waals surface area contributed by atoms with Gasteiger partial charge in [0.05, 0.1) is 5.39 Å². The molecule has 1 fully saturated rings. The van der Waals surface area contributed by atoms with E-state index in [1.807, 2.05) is 5.38 Å². The molecule has 3 N–H and O–H groups in total. The molecule has 0 radical (unpaired) electrons. The van der Waals surface area contributed by atoms with Gasteiger partial charge in [-0.3, -0.25) is 0 Å². The predicted molar refractivity (Wildman–Crippen MR) is 72.3 cm³/mol. The molecule has 5 heteroatoms. The number of nitrogens with one attached hydrogen (secondary N) is 1. The Balaban J connectivity index is 1.81. The Kier molecular flexibility index (Phi) is 2.84. The van der Waals surface area contributed by atoms with Crippen LogP contribution in [-0.2, 0) is 0 Å². The van der Waals surface area contributed by atoms with Gasteiger partial charge in [0.1, 0.15) is 10.6 Å². The summed E-state index contributed by atoms with van der Waals surface area (Å²) >= 11 is 1.60. The Morgan fingerprint density at radius 1 is 1.35 bits per heavy atom. The molecule has 4 nitrogen and oxygen atoms in total. The lowest BCUT2D eigenvalue weighted by Gasteiger charge is -2.11. The average Bonchev–Trinajstić information content (AvgIpc) is 2.95. The van der Waals surface area contributed by atoms with E-state index in [-0.39, 0.29) is 0 Å². The summed E-state index contributed by atoms with van der Waals surface area (Å²) in [6, 6.07) is 2.05. The second-order valence-corrected chi connectivity index (χ2v) is 5.50. The van der Waals surface area contributed by atoms with E-state index < -0.39 is 0 Å². The summed E-state index contributed by atoms with van der Waals surface area (Å²) < 4.78 is 0. The summed E-state index contributed by atoms with van der Waals surface area (Å²) in [6.45, 7) is 1.00. The molecule has 0 unspecified atom stereocenters. The number of thiophene rings is 1. The van der Waals surface area contributed by atoms with Crippen molar-refractivity contribution in [3.8, 4) is 0 Å². The van der Waals surface area contributed by atoms with Crippen molar-refractivity contribution < 1.29 is 0 Å². The van der Waals surface area contributed by atoms with E-state index in [4.69, 9.17) is 5.73 Å². The van der Waals surface area contributed by atoms with E-state index in [1.54, 1.807) is 11.3 Å². The van der Waals surface area contributed by atoms with E-state index in [9.17, 15) is 0 Å². The van der Waals surface area contributed by atoms with Crippen molar-refractivity contribution in [1.82, 2.24) is 9.97 Å². The number of nitrogens with zero attached hydrogens (tertiary/aromatic N) is 2. The van der Waals surface area contributed by atoms with Crippen molar-refractivity contribution in [1.29, 1.82) is 0 Å². The first-order chi connectivity index (χ1) is 8.33. The first-order valence-electron chi connectivity index (χ1n) is 6.07. The molecule has 0 atom stereocenters. The number of aromatic nitrogens is 2. The fourth-order valence-corrected chi connectivity index (χ4v) is 3.23. The van der Waals surface area contributed by atoms with Crippen LogP contribution in [0.25, 0.3) is 10.2 Å². The number of rotatable bonds is 3. The van der Waals surface area contributed by atoms with Crippen LogP contribution in [0.2, 0.25) is 0 Å². The van der Waals surface area contributed by atoms with Gasteiger partial charge in [-0.1, -0.05) is 12.8 Å². The van der Waals surface area contributed by atoms with Crippen molar-refractivity contribution in [2.75, 3.05) is 17.6 Å². The molecule has 0 bridgehead atoms. The summed E-state index contributed by atoms with van der Waals surface area (Å²) in [5.74, 6) is 2.04. The van der Waals surface area contributed by atoms with Crippen molar-refractivity contribution in [2.24, 2.45) is 5.92 Å². The lowest BCUT2D eigenvalue weighted by Crippen LogP contribution is -2.12. The monoisotopic (exact) mass is 248 g/mol. The van der Waals surface area contributed by atoms with Crippen molar-refractivity contribution in [2.45, 2.75) is 25.7 Å². The molecular formula is C12H16N4S. The maximum Gasteiger partial charge on any atom is 0.223 e. The molecule has 3 rings (SSSR count). The van der Waals surface area contributed by atoms with Gasteiger partial charge in [-0.2, -0.15) is 4.98 Å². The number of fused-ring (bicyclic) bond motifs is 1. The summed E-state index contributed by atoms with van der Waals surface area (Å²) in [5, 5.41) is 6.54. The van der Waals surface area contributed by atoms with Gasteiger partial charge in [0.2, 0.25) is 5.95 Å². The fourth-order valence-electron chi connectivity index (χ4n) is 2.46. The second-order valence-electron chi connectivity index (χ2n) is 4.60. The van der Waals surface area contributed by atoms with Crippen LogP contribution in [0.4, 0.5) is 11.8 Å². The average molecular weight is 248 g/mol. The lowest BCUT2D eigenvalue weighted by molar-refractivity contribution is 0.579. The van der Waals surface area contributed by atoms with Gasteiger partial charge in [0.25, 0.3) is 0 Å². The zero-order chi connectivity index (χ0) is 11.7. The van der Waals surface area contributed by atoms with Gasteiger partial charge in [-0.05, 0) is 30.2 Å². The van der Waals surface area contributed by atoms with Crippen LogP contribution in [0.3, 0.4) is 0 Å². The number of nitrogen functional groups attached to an aromatic ring is 1. The highest BCUT2D eigenvalue weighted by Gasteiger charge is 2.15. The third-order valence-electron chi connectivity index (χ3n) is 3.38. The van der Waals surface area contributed by atoms with Crippen LogP contribution >= 0.6 is 11.3 Å². The second kappa shape index (κ2) is 4.49. The summed E-state index contributed by atoms with van der Waals surface area (Å²) in [7, 11) is 0. The molecule has 0 aromatic carbocycles. The Bertz CT molecular complexity index is 516.